The van der Waals surface area contributed by atoms with Crippen LogP contribution in [0.2, 0.25) is 10.0 Å². The van der Waals surface area contributed by atoms with Gasteiger partial charge in [0.2, 0.25) is 0 Å². The number of piperazine rings is 1. The summed E-state index contributed by atoms with van der Waals surface area (Å²) < 4.78 is 1.20. The van der Waals surface area contributed by atoms with Crippen LogP contribution in [-0.2, 0) is 0 Å². The first-order valence-corrected chi connectivity index (χ1v) is 9.95. The largest absolute Gasteiger partial charge is 0.345 e. The Labute approximate surface area is 166 Å². The van der Waals surface area contributed by atoms with Crippen molar-refractivity contribution in [2.45, 2.75) is 6.92 Å². The van der Waals surface area contributed by atoms with E-state index >= 15 is 0 Å². The van der Waals surface area contributed by atoms with Gasteiger partial charge in [0, 0.05) is 31.2 Å². The highest BCUT2D eigenvalue weighted by molar-refractivity contribution is 7.22. The summed E-state index contributed by atoms with van der Waals surface area (Å²) in [7, 11) is 0. The zero-order valence-electron chi connectivity index (χ0n) is 14.2. The lowest BCUT2D eigenvalue weighted by Crippen LogP contribution is -2.48. The summed E-state index contributed by atoms with van der Waals surface area (Å²) in [5.74, 6) is -0.0496. The average Bonchev–Trinajstić information content (AvgIpc) is 3.07. The van der Waals surface area contributed by atoms with Crippen LogP contribution in [-0.4, -0.2) is 42.0 Å². The second-order valence-electron chi connectivity index (χ2n) is 6.32. The van der Waals surface area contributed by atoms with Crippen molar-refractivity contribution in [1.29, 1.82) is 0 Å². The number of carbonyl (C=O) groups is 1. The first-order valence-electron chi connectivity index (χ1n) is 8.38. The molecular formula is C19H17Cl2N3OS. The number of nitrogens with zero attached hydrogens (tertiary/aromatic N) is 3. The molecule has 0 radical (unpaired) electrons. The molecule has 7 heteroatoms. The molecule has 1 amide bonds. The molecule has 1 saturated heterocycles. The van der Waals surface area contributed by atoms with Crippen LogP contribution in [0.15, 0.2) is 36.4 Å². The molecule has 1 aliphatic heterocycles. The van der Waals surface area contributed by atoms with Crippen molar-refractivity contribution in [3.05, 3.63) is 57.6 Å². The van der Waals surface area contributed by atoms with Gasteiger partial charge in [-0.2, -0.15) is 0 Å². The van der Waals surface area contributed by atoms with Crippen LogP contribution in [0.1, 0.15) is 15.9 Å². The zero-order valence-corrected chi connectivity index (χ0v) is 16.5. The molecule has 26 heavy (non-hydrogen) atoms. The van der Waals surface area contributed by atoms with Crippen molar-refractivity contribution >= 4 is 55.8 Å². The van der Waals surface area contributed by atoms with Gasteiger partial charge in [0.1, 0.15) is 0 Å². The van der Waals surface area contributed by atoms with Crippen LogP contribution < -0.4 is 4.90 Å². The number of thiazole rings is 1. The van der Waals surface area contributed by atoms with Crippen molar-refractivity contribution in [1.82, 2.24) is 9.88 Å². The van der Waals surface area contributed by atoms with E-state index in [-0.39, 0.29) is 5.91 Å². The summed E-state index contributed by atoms with van der Waals surface area (Å²) in [6.07, 6.45) is 0. The van der Waals surface area contributed by atoms with Crippen molar-refractivity contribution in [2.75, 3.05) is 31.1 Å². The molecule has 1 aliphatic rings. The van der Waals surface area contributed by atoms with E-state index in [1.54, 1.807) is 29.5 Å². The summed E-state index contributed by atoms with van der Waals surface area (Å²) in [4.78, 5) is 21.6. The number of para-hydroxylation sites is 1. The quantitative estimate of drug-likeness (QED) is 0.609. The van der Waals surface area contributed by atoms with Gasteiger partial charge in [0.05, 0.1) is 20.8 Å². The minimum atomic E-state index is -0.0496. The Morgan fingerprint density at radius 1 is 1.12 bits per heavy atom. The molecular weight excluding hydrogens is 389 g/mol. The van der Waals surface area contributed by atoms with Gasteiger partial charge in [-0.1, -0.05) is 46.7 Å². The smallest absolute Gasteiger partial charge is 0.255 e. The standard InChI is InChI=1S/C19H17Cl2N3OS/c1-12-3-2-4-16-17(12)22-19(26-16)24-9-7-23(8-10-24)18(25)14-6-5-13(20)11-15(14)21/h2-6,11H,7-10H2,1H3. The lowest BCUT2D eigenvalue weighted by atomic mass is 10.2. The van der Waals surface area contributed by atoms with E-state index in [4.69, 9.17) is 28.2 Å². The summed E-state index contributed by atoms with van der Waals surface area (Å²) in [5, 5.41) is 1.94. The van der Waals surface area contributed by atoms with Crippen molar-refractivity contribution in [3.63, 3.8) is 0 Å². The molecule has 1 aromatic heterocycles. The second kappa shape index (κ2) is 7.06. The molecule has 2 aromatic carbocycles. The number of halogens is 2. The third-order valence-electron chi connectivity index (χ3n) is 4.61. The van der Waals surface area contributed by atoms with Crippen molar-refractivity contribution < 1.29 is 4.79 Å². The summed E-state index contributed by atoms with van der Waals surface area (Å²) in [5.41, 5.74) is 2.76. The van der Waals surface area contributed by atoms with Crippen LogP contribution in [0, 0.1) is 6.92 Å². The van der Waals surface area contributed by atoms with E-state index in [2.05, 4.69) is 30.0 Å². The van der Waals surface area contributed by atoms with Gasteiger partial charge in [-0.15, -0.1) is 0 Å². The molecule has 0 unspecified atom stereocenters. The molecule has 4 rings (SSSR count). The van der Waals surface area contributed by atoms with Gasteiger partial charge in [0.15, 0.2) is 5.13 Å². The summed E-state index contributed by atoms with van der Waals surface area (Å²) >= 11 is 13.8. The van der Waals surface area contributed by atoms with E-state index in [0.29, 0.717) is 28.7 Å². The number of rotatable bonds is 2. The number of benzene rings is 2. The number of anilines is 1. The fourth-order valence-corrected chi connectivity index (χ4v) is 4.73. The van der Waals surface area contributed by atoms with Crippen LogP contribution >= 0.6 is 34.5 Å². The molecule has 1 fully saturated rings. The van der Waals surface area contributed by atoms with Gasteiger partial charge in [-0.25, -0.2) is 4.98 Å². The molecule has 134 valence electrons. The third-order valence-corrected chi connectivity index (χ3v) is 6.24. The van der Waals surface area contributed by atoms with Crippen LogP contribution in [0.4, 0.5) is 5.13 Å². The van der Waals surface area contributed by atoms with Gasteiger partial charge in [-0.3, -0.25) is 4.79 Å². The Morgan fingerprint density at radius 3 is 2.58 bits per heavy atom. The fourth-order valence-electron chi connectivity index (χ4n) is 3.14. The molecule has 0 atom stereocenters. The first kappa shape index (κ1) is 17.6. The maximum Gasteiger partial charge on any atom is 0.255 e. The average molecular weight is 406 g/mol. The maximum absolute atomic E-state index is 12.7. The van der Waals surface area contributed by atoms with E-state index < -0.39 is 0 Å². The molecule has 3 aromatic rings. The predicted molar refractivity (Wildman–Crippen MR) is 109 cm³/mol. The topological polar surface area (TPSA) is 36.4 Å². The Kier molecular flexibility index (Phi) is 4.78. The number of hydrogen-bond donors (Lipinski definition) is 0. The van der Waals surface area contributed by atoms with E-state index in [9.17, 15) is 4.79 Å². The summed E-state index contributed by atoms with van der Waals surface area (Å²) in [6.45, 7) is 4.89. The minimum absolute atomic E-state index is 0.0496. The molecule has 2 heterocycles. The minimum Gasteiger partial charge on any atom is -0.345 e. The van der Waals surface area contributed by atoms with Crippen LogP contribution in [0.3, 0.4) is 0 Å². The van der Waals surface area contributed by atoms with Crippen molar-refractivity contribution in [2.24, 2.45) is 0 Å². The van der Waals surface area contributed by atoms with E-state index in [1.807, 2.05) is 4.90 Å². The van der Waals surface area contributed by atoms with E-state index in [1.165, 1.54) is 10.3 Å². The molecule has 0 saturated carbocycles. The van der Waals surface area contributed by atoms with Crippen LogP contribution in [0.5, 0.6) is 0 Å². The Balaban J connectivity index is 1.48. The fraction of sp³-hybridized carbons (Fsp3) is 0.263. The second-order valence-corrected chi connectivity index (χ2v) is 8.17. The van der Waals surface area contributed by atoms with Gasteiger partial charge < -0.3 is 9.80 Å². The number of aromatic nitrogens is 1. The van der Waals surface area contributed by atoms with Gasteiger partial charge in [-0.05, 0) is 36.8 Å². The number of hydrogen-bond acceptors (Lipinski definition) is 4. The Bertz CT molecular complexity index is 980. The van der Waals surface area contributed by atoms with Gasteiger partial charge >= 0.3 is 0 Å². The predicted octanol–water partition coefficient (Wildman–Crippen LogP) is 4.87. The highest BCUT2D eigenvalue weighted by atomic mass is 35.5. The highest BCUT2D eigenvalue weighted by Crippen LogP contribution is 2.31. The highest BCUT2D eigenvalue weighted by Gasteiger charge is 2.25. The Morgan fingerprint density at radius 2 is 1.88 bits per heavy atom. The number of fused-ring (bicyclic) bond motifs is 1. The lowest BCUT2D eigenvalue weighted by molar-refractivity contribution is 0.0747. The van der Waals surface area contributed by atoms with Gasteiger partial charge in [0.25, 0.3) is 5.91 Å². The number of aryl methyl sites for hydroxylation is 1. The van der Waals surface area contributed by atoms with Crippen molar-refractivity contribution in [3.8, 4) is 0 Å². The monoisotopic (exact) mass is 405 g/mol. The SMILES string of the molecule is Cc1cccc2sc(N3CCN(C(=O)c4ccc(Cl)cc4Cl)CC3)nc12. The normalized spacial score (nSPS) is 14.9. The molecule has 0 bridgehead atoms. The number of amides is 1. The molecule has 0 spiro atoms. The molecule has 0 aliphatic carbocycles. The van der Waals surface area contributed by atoms with Crippen LogP contribution in [0.25, 0.3) is 10.2 Å². The third kappa shape index (κ3) is 3.27. The lowest BCUT2D eigenvalue weighted by Gasteiger charge is -2.34. The Hall–Kier alpha value is -1.82. The maximum atomic E-state index is 12.7. The zero-order chi connectivity index (χ0) is 18.3. The summed E-state index contributed by atoms with van der Waals surface area (Å²) in [6, 6.07) is 11.2. The number of carbonyl (C=O) groups excluding carboxylic acids is 1. The first-order chi connectivity index (χ1) is 12.5. The van der Waals surface area contributed by atoms with E-state index in [0.717, 1.165) is 23.7 Å². The molecule has 4 nitrogen and oxygen atoms in total. The molecule has 0 N–H and O–H groups in total.